The predicted octanol–water partition coefficient (Wildman–Crippen LogP) is 2.46. The van der Waals surface area contributed by atoms with E-state index in [1.165, 1.54) is 0 Å². The molecule has 0 atom stereocenters. The van der Waals surface area contributed by atoms with Gasteiger partial charge in [0, 0.05) is 5.69 Å². The lowest BCUT2D eigenvalue weighted by molar-refractivity contribution is 1.30. The van der Waals surface area contributed by atoms with Crippen molar-refractivity contribution in [2.75, 3.05) is 5.32 Å². The Morgan fingerprint density at radius 3 is 2.37 bits per heavy atom. The van der Waals surface area contributed by atoms with Crippen molar-refractivity contribution < 1.29 is 0 Å². The van der Waals surface area contributed by atoms with Crippen LogP contribution in [-0.2, 0) is 0 Å². The quantitative estimate of drug-likeness (QED) is 0.570. The van der Waals surface area contributed by atoms with Gasteiger partial charge in [-0.1, -0.05) is 0 Å². The molecule has 1 aromatic carbocycles. The number of rotatable bonds is 2. The van der Waals surface area contributed by atoms with Crippen LogP contribution >= 0.6 is 12.2 Å². The Labute approximate surface area is 113 Å². The molecule has 6 nitrogen and oxygen atoms in total. The number of H-pyrrole nitrogens is 2. The molecule has 0 amide bonds. The van der Waals surface area contributed by atoms with E-state index >= 15 is 0 Å². The Kier molecular flexibility index (Phi) is 3.29. The number of hydrogen-bond acceptors (Lipinski definition) is 5. The zero-order valence-electron chi connectivity index (χ0n) is 9.48. The molecule has 2 rings (SSSR count). The summed E-state index contributed by atoms with van der Waals surface area (Å²) in [5, 5.41) is 29.1. The molecule has 0 bridgehead atoms. The van der Waals surface area contributed by atoms with Crippen molar-refractivity contribution >= 4 is 28.9 Å². The number of hydrogen-bond donors (Lipinski definition) is 3. The molecule has 0 aliphatic carbocycles. The number of benzene rings is 1. The second-order valence-corrected chi connectivity index (χ2v) is 3.96. The van der Waals surface area contributed by atoms with Crippen molar-refractivity contribution in [3.63, 3.8) is 0 Å². The van der Waals surface area contributed by atoms with E-state index in [9.17, 15) is 0 Å². The monoisotopic (exact) mass is 266 g/mol. The number of imidazole rings is 1. The molecular formula is C12H6N6S. The van der Waals surface area contributed by atoms with Crippen LogP contribution in [0.2, 0.25) is 0 Å². The topological polar surface area (TPSA) is 115 Å². The third kappa shape index (κ3) is 2.44. The maximum atomic E-state index is 8.93. The van der Waals surface area contributed by atoms with Crippen LogP contribution in [0.15, 0.2) is 29.5 Å². The normalized spacial score (nSPS) is 9.11. The maximum absolute atomic E-state index is 8.93. The van der Waals surface area contributed by atoms with E-state index in [2.05, 4.69) is 15.3 Å². The van der Waals surface area contributed by atoms with Crippen LogP contribution in [-0.4, -0.2) is 9.97 Å². The zero-order valence-corrected chi connectivity index (χ0v) is 10.3. The highest BCUT2D eigenvalue weighted by molar-refractivity contribution is 7.71. The van der Waals surface area contributed by atoms with E-state index in [1.54, 1.807) is 36.4 Å². The van der Waals surface area contributed by atoms with E-state index in [4.69, 9.17) is 28.0 Å². The van der Waals surface area contributed by atoms with Gasteiger partial charge < -0.3 is 15.3 Å². The maximum Gasteiger partial charge on any atom is 0.175 e. The molecule has 3 N–H and O–H groups in total. The van der Waals surface area contributed by atoms with Crippen molar-refractivity contribution in [2.45, 2.75) is 0 Å². The molecule has 0 radical (unpaired) electrons. The summed E-state index contributed by atoms with van der Waals surface area (Å²) in [6.07, 6.45) is 0. The van der Waals surface area contributed by atoms with E-state index in [0.717, 1.165) is 11.0 Å². The highest BCUT2D eigenvalue weighted by Crippen LogP contribution is 2.18. The molecule has 0 unspecified atom stereocenters. The Morgan fingerprint density at radius 2 is 1.74 bits per heavy atom. The van der Waals surface area contributed by atoms with E-state index in [0.29, 0.717) is 10.5 Å². The van der Waals surface area contributed by atoms with Gasteiger partial charge in [-0.25, -0.2) is 0 Å². The molecule has 0 aliphatic rings. The molecule has 1 aromatic heterocycles. The van der Waals surface area contributed by atoms with Crippen LogP contribution < -0.4 is 5.32 Å². The van der Waals surface area contributed by atoms with Gasteiger partial charge in [-0.15, -0.1) is 0 Å². The molecule has 0 saturated heterocycles. The van der Waals surface area contributed by atoms with E-state index < -0.39 is 0 Å². The van der Waals surface area contributed by atoms with Crippen molar-refractivity contribution in [3.8, 4) is 18.2 Å². The minimum atomic E-state index is -0.260. The third-order valence-electron chi connectivity index (χ3n) is 2.37. The van der Waals surface area contributed by atoms with E-state index in [-0.39, 0.29) is 11.3 Å². The van der Waals surface area contributed by atoms with Crippen molar-refractivity contribution in [3.05, 3.63) is 34.2 Å². The first-order valence-corrected chi connectivity index (χ1v) is 5.52. The fraction of sp³-hybridized carbons (Fsp3) is 0. The first kappa shape index (κ1) is 12.4. The van der Waals surface area contributed by atoms with Crippen LogP contribution in [0.3, 0.4) is 0 Å². The average molecular weight is 266 g/mol. The molecule has 2 aromatic rings. The summed E-state index contributed by atoms with van der Waals surface area (Å²) in [6, 6.07) is 10.3. The second-order valence-electron chi connectivity index (χ2n) is 3.55. The van der Waals surface area contributed by atoms with Crippen LogP contribution in [0.4, 0.5) is 5.69 Å². The fourth-order valence-corrected chi connectivity index (χ4v) is 1.76. The molecule has 7 heteroatoms. The lowest BCUT2D eigenvalue weighted by Crippen LogP contribution is -2.00. The van der Waals surface area contributed by atoms with Gasteiger partial charge in [-0.3, -0.25) is 0 Å². The standard InChI is InChI=1S/C12H6N6S/c13-4-7(5-14)11(6-15)16-8-1-2-9-10(3-8)18-12(19)17-9/h1-3,16H,(H2,17,18,19). The summed E-state index contributed by atoms with van der Waals surface area (Å²) in [4.78, 5) is 5.89. The van der Waals surface area contributed by atoms with Crippen molar-refractivity contribution in [1.82, 2.24) is 9.97 Å². The van der Waals surface area contributed by atoms with Gasteiger partial charge in [-0.2, -0.15) is 15.8 Å². The summed E-state index contributed by atoms with van der Waals surface area (Å²) in [6.45, 7) is 0. The predicted molar refractivity (Wildman–Crippen MR) is 71.0 cm³/mol. The number of aromatic nitrogens is 2. The summed E-state index contributed by atoms with van der Waals surface area (Å²) < 4.78 is 0.498. The van der Waals surface area contributed by atoms with Crippen LogP contribution in [0.1, 0.15) is 0 Å². The SMILES string of the molecule is N#CC(C#N)=C(C#N)Nc1ccc2[nH]c(=S)[nH]c2c1. The molecule has 0 spiro atoms. The molecular weight excluding hydrogens is 260 g/mol. The molecule has 0 saturated carbocycles. The Bertz CT molecular complexity index is 833. The lowest BCUT2D eigenvalue weighted by atomic mass is 10.2. The number of nitrogens with zero attached hydrogens (tertiary/aromatic N) is 3. The first-order valence-electron chi connectivity index (χ1n) is 5.11. The third-order valence-corrected chi connectivity index (χ3v) is 2.57. The summed E-state index contributed by atoms with van der Waals surface area (Å²) in [7, 11) is 0. The average Bonchev–Trinajstić information content (AvgIpc) is 2.78. The van der Waals surface area contributed by atoms with Crippen LogP contribution in [0.5, 0.6) is 0 Å². The molecule has 0 fully saturated rings. The van der Waals surface area contributed by atoms with Crippen LogP contribution in [0, 0.1) is 38.8 Å². The van der Waals surface area contributed by atoms with Gasteiger partial charge in [0.05, 0.1) is 11.0 Å². The van der Waals surface area contributed by atoms with Gasteiger partial charge >= 0.3 is 0 Å². The molecule has 19 heavy (non-hydrogen) atoms. The number of aromatic amines is 2. The van der Waals surface area contributed by atoms with Gasteiger partial charge in [-0.05, 0) is 30.4 Å². The number of nitriles is 3. The van der Waals surface area contributed by atoms with Gasteiger partial charge in [0.15, 0.2) is 10.3 Å². The minimum absolute atomic E-state index is 0.0847. The number of allylic oxidation sites excluding steroid dienone is 2. The number of fused-ring (bicyclic) bond motifs is 1. The largest absolute Gasteiger partial charge is 0.345 e. The summed E-state index contributed by atoms with van der Waals surface area (Å²) in [5.74, 6) is 0. The fourth-order valence-electron chi connectivity index (χ4n) is 1.54. The van der Waals surface area contributed by atoms with E-state index in [1.807, 2.05) is 0 Å². The molecule has 1 heterocycles. The molecule has 90 valence electrons. The highest BCUT2D eigenvalue weighted by Gasteiger charge is 2.06. The Hall–Kier alpha value is -3.08. The first-order chi connectivity index (χ1) is 9.17. The lowest BCUT2D eigenvalue weighted by Gasteiger charge is -2.04. The van der Waals surface area contributed by atoms with Crippen molar-refractivity contribution in [2.24, 2.45) is 0 Å². The minimum Gasteiger partial charge on any atom is -0.345 e. The molecule has 0 aliphatic heterocycles. The summed E-state index contributed by atoms with van der Waals surface area (Å²) in [5.41, 5.74) is 1.84. The van der Waals surface area contributed by atoms with Crippen molar-refractivity contribution in [1.29, 1.82) is 15.8 Å². The van der Waals surface area contributed by atoms with Gasteiger partial charge in [0.1, 0.15) is 23.9 Å². The summed E-state index contributed by atoms with van der Waals surface area (Å²) >= 11 is 4.97. The highest BCUT2D eigenvalue weighted by atomic mass is 32.1. The number of nitrogens with one attached hydrogen (secondary N) is 3. The number of anilines is 1. The zero-order chi connectivity index (χ0) is 13.8. The smallest absolute Gasteiger partial charge is 0.175 e. The van der Waals surface area contributed by atoms with Gasteiger partial charge in [0.25, 0.3) is 0 Å². The van der Waals surface area contributed by atoms with Gasteiger partial charge in [0.2, 0.25) is 0 Å². The second kappa shape index (κ2) is 5.05. The Balaban J connectivity index is 2.45. The Morgan fingerprint density at radius 1 is 1.05 bits per heavy atom. The van der Waals surface area contributed by atoms with Crippen LogP contribution in [0.25, 0.3) is 11.0 Å².